The van der Waals surface area contributed by atoms with Gasteiger partial charge in [0.15, 0.2) is 0 Å². The largest absolute Gasteiger partial charge is 0.444 e. The van der Waals surface area contributed by atoms with Crippen molar-refractivity contribution in [2.45, 2.75) is 53.1 Å². The zero-order chi connectivity index (χ0) is 14.9. The number of amides is 1. The van der Waals surface area contributed by atoms with Crippen molar-refractivity contribution in [2.24, 2.45) is 5.92 Å². The zero-order valence-corrected chi connectivity index (χ0v) is 12.8. The first-order valence-electron chi connectivity index (χ1n) is 6.85. The van der Waals surface area contributed by atoms with Crippen molar-refractivity contribution < 1.29 is 9.53 Å². The van der Waals surface area contributed by atoms with E-state index >= 15 is 0 Å². The van der Waals surface area contributed by atoms with Crippen LogP contribution >= 0.6 is 0 Å². The second-order valence-electron chi connectivity index (χ2n) is 5.48. The van der Waals surface area contributed by atoms with Crippen molar-refractivity contribution in [3.8, 4) is 6.07 Å². The van der Waals surface area contributed by atoms with Gasteiger partial charge >= 0.3 is 6.09 Å². The Bertz CT molecular complexity index is 337. The van der Waals surface area contributed by atoms with Gasteiger partial charge in [-0.05, 0) is 34.1 Å². The summed E-state index contributed by atoms with van der Waals surface area (Å²) in [6.45, 7) is 10.6. The van der Waals surface area contributed by atoms with Crippen LogP contribution in [0, 0.1) is 17.2 Å². The summed E-state index contributed by atoms with van der Waals surface area (Å²) >= 11 is 0. The highest BCUT2D eigenvalue weighted by Crippen LogP contribution is 2.13. The molecule has 108 valence electrons. The summed E-state index contributed by atoms with van der Waals surface area (Å²) in [6, 6.07) is 2.16. The van der Waals surface area contributed by atoms with Gasteiger partial charge in [-0.15, -0.1) is 0 Å². The van der Waals surface area contributed by atoms with Crippen molar-refractivity contribution in [2.75, 3.05) is 13.1 Å². The Balaban J connectivity index is 4.62. The topological polar surface area (TPSA) is 53.3 Å². The SMILES string of the molecule is CC/C=C/C(CC#N)CN(CC)C(=O)OC(C)(C)C. The normalized spacial score (nSPS) is 13.1. The van der Waals surface area contributed by atoms with Crippen molar-refractivity contribution in [3.63, 3.8) is 0 Å². The molecule has 0 aromatic heterocycles. The average molecular weight is 266 g/mol. The zero-order valence-electron chi connectivity index (χ0n) is 12.8. The Kier molecular flexibility index (Phi) is 7.90. The van der Waals surface area contributed by atoms with E-state index in [2.05, 4.69) is 6.07 Å². The van der Waals surface area contributed by atoms with Crippen LogP contribution < -0.4 is 0 Å². The number of ether oxygens (including phenoxy) is 1. The van der Waals surface area contributed by atoms with Gasteiger partial charge in [0.2, 0.25) is 0 Å². The number of nitrogens with zero attached hydrogens (tertiary/aromatic N) is 2. The van der Waals surface area contributed by atoms with E-state index in [0.717, 1.165) is 6.42 Å². The summed E-state index contributed by atoms with van der Waals surface area (Å²) in [5, 5.41) is 8.83. The van der Waals surface area contributed by atoms with E-state index in [4.69, 9.17) is 10.00 Å². The Morgan fingerprint density at radius 3 is 2.47 bits per heavy atom. The van der Waals surface area contributed by atoms with Gasteiger partial charge in [-0.3, -0.25) is 0 Å². The minimum absolute atomic E-state index is 0.0671. The van der Waals surface area contributed by atoms with Crippen LogP contribution in [-0.4, -0.2) is 29.7 Å². The van der Waals surface area contributed by atoms with E-state index in [0.29, 0.717) is 19.5 Å². The Hall–Kier alpha value is -1.50. The molecule has 0 radical (unpaired) electrons. The molecule has 0 rings (SSSR count). The van der Waals surface area contributed by atoms with Gasteiger partial charge < -0.3 is 9.64 Å². The number of hydrogen-bond donors (Lipinski definition) is 0. The Morgan fingerprint density at radius 2 is 2.05 bits per heavy atom. The van der Waals surface area contributed by atoms with E-state index in [-0.39, 0.29) is 12.0 Å². The molecular weight excluding hydrogens is 240 g/mol. The molecule has 0 heterocycles. The van der Waals surface area contributed by atoms with E-state index in [1.807, 2.05) is 46.8 Å². The van der Waals surface area contributed by atoms with Gasteiger partial charge in [0.05, 0.1) is 6.07 Å². The molecule has 0 fully saturated rings. The maximum Gasteiger partial charge on any atom is 0.410 e. The van der Waals surface area contributed by atoms with E-state index in [1.165, 1.54) is 0 Å². The Labute approximate surface area is 117 Å². The highest BCUT2D eigenvalue weighted by molar-refractivity contribution is 5.68. The first-order valence-corrected chi connectivity index (χ1v) is 6.85. The maximum atomic E-state index is 12.0. The fourth-order valence-electron chi connectivity index (χ4n) is 1.58. The number of nitriles is 1. The predicted octanol–water partition coefficient (Wildman–Crippen LogP) is 3.74. The second kappa shape index (κ2) is 8.58. The van der Waals surface area contributed by atoms with Gasteiger partial charge in [0.1, 0.15) is 5.60 Å². The highest BCUT2D eigenvalue weighted by atomic mass is 16.6. The first kappa shape index (κ1) is 17.5. The lowest BCUT2D eigenvalue weighted by atomic mass is 10.0. The summed E-state index contributed by atoms with van der Waals surface area (Å²) < 4.78 is 5.35. The molecule has 0 aliphatic carbocycles. The average Bonchev–Trinajstić information content (AvgIpc) is 2.30. The van der Waals surface area contributed by atoms with E-state index in [9.17, 15) is 4.79 Å². The van der Waals surface area contributed by atoms with Gasteiger partial charge in [-0.2, -0.15) is 5.26 Å². The van der Waals surface area contributed by atoms with Crippen LogP contribution in [0.4, 0.5) is 4.79 Å². The predicted molar refractivity (Wildman–Crippen MR) is 76.6 cm³/mol. The molecule has 0 saturated carbocycles. The van der Waals surface area contributed by atoms with Crippen molar-refractivity contribution >= 4 is 6.09 Å². The van der Waals surface area contributed by atoms with Gasteiger partial charge in [-0.1, -0.05) is 19.1 Å². The maximum absolute atomic E-state index is 12.0. The molecule has 4 heteroatoms. The lowest BCUT2D eigenvalue weighted by Crippen LogP contribution is -2.39. The fourth-order valence-corrected chi connectivity index (χ4v) is 1.58. The van der Waals surface area contributed by atoms with E-state index < -0.39 is 5.60 Å². The summed E-state index contributed by atoms with van der Waals surface area (Å²) in [4.78, 5) is 13.6. The molecule has 19 heavy (non-hydrogen) atoms. The number of carbonyl (C=O) groups excluding carboxylic acids is 1. The quantitative estimate of drug-likeness (QED) is 0.688. The first-order chi connectivity index (χ1) is 8.84. The second-order valence-corrected chi connectivity index (χ2v) is 5.48. The van der Waals surface area contributed by atoms with Crippen LogP contribution in [0.25, 0.3) is 0 Å². The van der Waals surface area contributed by atoms with Crippen molar-refractivity contribution in [1.82, 2.24) is 4.90 Å². The number of hydrogen-bond acceptors (Lipinski definition) is 3. The third-order valence-corrected chi connectivity index (χ3v) is 2.49. The van der Waals surface area contributed by atoms with Crippen LogP contribution in [0.5, 0.6) is 0 Å². The van der Waals surface area contributed by atoms with Gasteiger partial charge in [-0.25, -0.2) is 4.79 Å². The minimum atomic E-state index is -0.492. The van der Waals surface area contributed by atoms with Gasteiger partial charge in [0.25, 0.3) is 0 Å². The molecule has 0 saturated heterocycles. The molecule has 4 nitrogen and oxygen atoms in total. The molecule has 0 aromatic rings. The van der Waals surface area contributed by atoms with Crippen LogP contribution in [0.2, 0.25) is 0 Å². The summed E-state index contributed by atoms with van der Waals surface area (Å²) in [7, 11) is 0. The number of allylic oxidation sites excluding steroid dienone is 1. The van der Waals surface area contributed by atoms with Crippen LogP contribution in [-0.2, 0) is 4.74 Å². The summed E-state index contributed by atoms with van der Waals surface area (Å²) in [6.07, 6.45) is 5.07. The third-order valence-electron chi connectivity index (χ3n) is 2.49. The molecule has 1 unspecified atom stereocenters. The molecule has 0 spiro atoms. The smallest absolute Gasteiger partial charge is 0.410 e. The molecule has 1 atom stereocenters. The third kappa shape index (κ3) is 8.25. The lowest BCUT2D eigenvalue weighted by Gasteiger charge is -2.28. The summed E-state index contributed by atoms with van der Waals surface area (Å²) in [5.74, 6) is 0.0671. The highest BCUT2D eigenvalue weighted by Gasteiger charge is 2.22. The Morgan fingerprint density at radius 1 is 1.42 bits per heavy atom. The van der Waals surface area contributed by atoms with Gasteiger partial charge in [0, 0.05) is 25.4 Å². The van der Waals surface area contributed by atoms with Crippen molar-refractivity contribution in [1.29, 1.82) is 5.26 Å². The fraction of sp³-hybridized carbons (Fsp3) is 0.733. The van der Waals surface area contributed by atoms with Crippen molar-refractivity contribution in [3.05, 3.63) is 12.2 Å². The van der Waals surface area contributed by atoms with E-state index in [1.54, 1.807) is 4.90 Å². The summed E-state index contributed by atoms with van der Waals surface area (Å²) in [5.41, 5.74) is -0.492. The molecular formula is C15H26N2O2. The number of carbonyl (C=O) groups is 1. The van der Waals surface area contributed by atoms with Crippen LogP contribution in [0.3, 0.4) is 0 Å². The molecule has 1 amide bonds. The molecule has 0 aliphatic rings. The molecule has 0 aliphatic heterocycles. The standard InChI is InChI=1S/C15H26N2O2/c1-6-8-9-13(10-11-16)12-17(7-2)14(18)19-15(3,4)5/h8-9,13H,6-7,10,12H2,1-5H3/b9-8+. The van der Waals surface area contributed by atoms with Crippen LogP contribution in [0.1, 0.15) is 47.5 Å². The lowest BCUT2D eigenvalue weighted by molar-refractivity contribution is 0.0243. The molecule has 0 N–H and O–H groups in total. The van der Waals surface area contributed by atoms with Crippen LogP contribution in [0.15, 0.2) is 12.2 Å². The molecule has 0 bridgehead atoms. The minimum Gasteiger partial charge on any atom is -0.444 e. The monoisotopic (exact) mass is 266 g/mol. The number of rotatable bonds is 6. The molecule has 0 aromatic carbocycles.